The minimum Gasteiger partial charge on any atom is -0.485 e. The van der Waals surface area contributed by atoms with Crippen molar-refractivity contribution < 1.29 is 4.74 Å². The molecule has 4 rings (SSSR count). The Hall–Kier alpha value is -3.27. The maximum Gasteiger partial charge on any atom is 0.181 e. The number of imidazole rings is 1. The summed E-state index contributed by atoms with van der Waals surface area (Å²) in [5.41, 5.74) is 4.27. The fourth-order valence-electron chi connectivity index (χ4n) is 3.27. The highest BCUT2D eigenvalue weighted by Crippen LogP contribution is 2.30. The number of hydrogen-bond donors (Lipinski definition) is 1. The lowest BCUT2D eigenvalue weighted by molar-refractivity contribution is 0.308. The summed E-state index contributed by atoms with van der Waals surface area (Å²) in [6, 6.07) is 24.6. The van der Waals surface area contributed by atoms with Crippen molar-refractivity contribution in [3.05, 3.63) is 95.8 Å². The fourth-order valence-corrected chi connectivity index (χ4v) is 3.27. The zero-order valence-corrected chi connectivity index (χ0v) is 16.3. The number of aromatic nitrogens is 2. The van der Waals surface area contributed by atoms with Gasteiger partial charge in [0, 0.05) is 12.7 Å². The van der Waals surface area contributed by atoms with Gasteiger partial charge in [-0.25, -0.2) is 4.98 Å². The molecule has 2 aromatic heterocycles. The molecule has 1 N–H and O–H groups in total. The van der Waals surface area contributed by atoms with Gasteiger partial charge in [-0.1, -0.05) is 74.5 Å². The second-order valence-electron chi connectivity index (χ2n) is 7.18. The predicted octanol–water partition coefficient (Wildman–Crippen LogP) is 5.65. The molecule has 4 aromatic rings. The van der Waals surface area contributed by atoms with Gasteiger partial charge in [0.05, 0.1) is 5.69 Å². The minimum atomic E-state index is 0.306. The topological polar surface area (TPSA) is 38.6 Å². The Labute approximate surface area is 165 Å². The van der Waals surface area contributed by atoms with E-state index in [1.807, 2.05) is 42.6 Å². The molecule has 4 heteroatoms. The Morgan fingerprint density at radius 2 is 1.57 bits per heavy atom. The third-order valence-electron chi connectivity index (χ3n) is 4.73. The summed E-state index contributed by atoms with van der Waals surface area (Å²) in [4.78, 5) is 4.91. The van der Waals surface area contributed by atoms with Crippen LogP contribution in [0.5, 0.6) is 5.75 Å². The molecule has 0 aliphatic heterocycles. The van der Waals surface area contributed by atoms with Crippen LogP contribution in [-0.2, 0) is 13.2 Å². The van der Waals surface area contributed by atoms with Crippen molar-refractivity contribution >= 4 is 11.5 Å². The molecule has 0 unspecified atom stereocenters. The van der Waals surface area contributed by atoms with Gasteiger partial charge in [0.1, 0.15) is 12.4 Å². The lowest BCUT2D eigenvalue weighted by Crippen LogP contribution is -2.05. The number of pyridine rings is 1. The highest BCUT2D eigenvalue weighted by atomic mass is 16.5. The van der Waals surface area contributed by atoms with Crippen molar-refractivity contribution in [1.82, 2.24) is 9.38 Å². The number of ether oxygens (including phenoxy) is 1. The summed E-state index contributed by atoms with van der Waals surface area (Å²) in [6.07, 6.45) is 2.04. The summed E-state index contributed by atoms with van der Waals surface area (Å²) in [6.45, 7) is 5.61. The van der Waals surface area contributed by atoms with Crippen LogP contribution in [0.1, 0.15) is 36.6 Å². The normalized spacial score (nSPS) is 11.1. The highest BCUT2D eigenvalue weighted by Gasteiger charge is 2.17. The summed E-state index contributed by atoms with van der Waals surface area (Å²) in [5, 5.41) is 3.58. The number of anilines is 1. The summed E-state index contributed by atoms with van der Waals surface area (Å²) in [7, 11) is 0. The number of rotatable bonds is 7. The van der Waals surface area contributed by atoms with E-state index in [0.29, 0.717) is 12.5 Å². The number of hydrogen-bond acceptors (Lipinski definition) is 3. The van der Waals surface area contributed by atoms with Crippen molar-refractivity contribution in [3.8, 4) is 5.75 Å². The Morgan fingerprint density at radius 3 is 2.25 bits per heavy atom. The zero-order valence-electron chi connectivity index (χ0n) is 16.3. The third kappa shape index (κ3) is 3.86. The molecule has 0 saturated carbocycles. The minimum absolute atomic E-state index is 0.306. The van der Waals surface area contributed by atoms with Gasteiger partial charge in [0.25, 0.3) is 0 Å². The maximum absolute atomic E-state index is 6.11. The van der Waals surface area contributed by atoms with Crippen molar-refractivity contribution in [2.75, 3.05) is 5.32 Å². The van der Waals surface area contributed by atoms with E-state index in [1.54, 1.807) is 0 Å². The van der Waals surface area contributed by atoms with E-state index in [0.717, 1.165) is 35.0 Å². The molecule has 28 heavy (non-hydrogen) atoms. The van der Waals surface area contributed by atoms with Crippen molar-refractivity contribution in [2.45, 2.75) is 32.9 Å². The van der Waals surface area contributed by atoms with Gasteiger partial charge in [-0.05, 0) is 29.2 Å². The Kier molecular flexibility index (Phi) is 5.29. The second-order valence-corrected chi connectivity index (χ2v) is 7.18. The van der Waals surface area contributed by atoms with Crippen LogP contribution in [0.25, 0.3) is 5.65 Å². The van der Waals surface area contributed by atoms with Crippen LogP contribution in [0.4, 0.5) is 5.82 Å². The molecule has 4 nitrogen and oxygen atoms in total. The number of nitrogens with one attached hydrogen (secondary N) is 1. The van der Waals surface area contributed by atoms with Crippen molar-refractivity contribution in [3.63, 3.8) is 0 Å². The third-order valence-corrected chi connectivity index (χ3v) is 4.73. The second kappa shape index (κ2) is 8.17. The first-order valence-electron chi connectivity index (χ1n) is 9.68. The first kappa shape index (κ1) is 18.1. The Morgan fingerprint density at radius 1 is 0.893 bits per heavy atom. The molecule has 2 aromatic carbocycles. The molecular formula is C24H25N3O. The summed E-state index contributed by atoms with van der Waals surface area (Å²) >= 11 is 0. The lowest BCUT2D eigenvalue weighted by atomic mass is 10.1. The molecule has 0 aliphatic rings. The summed E-state index contributed by atoms with van der Waals surface area (Å²) < 4.78 is 8.20. The van der Waals surface area contributed by atoms with Crippen LogP contribution in [0.15, 0.2) is 79.0 Å². The molecule has 0 spiro atoms. The molecule has 0 fully saturated rings. The molecule has 0 saturated heterocycles. The average Bonchev–Trinajstić information content (AvgIpc) is 3.12. The van der Waals surface area contributed by atoms with Crippen LogP contribution in [-0.4, -0.2) is 9.38 Å². The van der Waals surface area contributed by atoms with Gasteiger partial charge in [-0.2, -0.15) is 0 Å². The van der Waals surface area contributed by atoms with E-state index in [4.69, 9.17) is 9.72 Å². The van der Waals surface area contributed by atoms with Gasteiger partial charge in [0.15, 0.2) is 11.4 Å². The van der Waals surface area contributed by atoms with Crippen LogP contribution in [0.2, 0.25) is 0 Å². The number of fused-ring (bicyclic) bond motifs is 1. The maximum atomic E-state index is 6.11. The fraction of sp³-hybridized carbons (Fsp3) is 0.208. The molecule has 0 bridgehead atoms. The smallest absolute Gasteiger partial charge is 0.181 e. The average molecular weight is 371 g/mol. The first-order chi connectivity index (χ1) is 13.7. The Bertz CT molecular complexity index is 1040. The van der Waals surface area contributed by atoms with Gasteiger partial charge in [0.2, 0.25) is 0 Å². The van der Waals surface area contributed by atoms with Crippen molar-refractivity contribution in [1.29, 1.82) is 0 Å². The molecule has 0 radical (unpaired) electrons. The van der Waals surface area contributed by atoms with E-state index in [2.05, 4.69) is 60.0 Å². The van der Waals surface area contributed by atoms with Crippen LogP contribution >= 0.6 is 0 Å². The van der Waals surface area contributed by atoms with Crippen LogP contribution in [0, 0.1) is 0 Å². The number of benzene rings is 2. The van der Waals surface area contributed by atoms with E-state index >= 15 is 0 Å². The van der Waals surface area contributed by atoms with E-state index in [-0.39, 0.29) is 0 Å². The predicted molar refractivity (Wildman–Crippen MR) is 114 cm³/mol. The van der Waals surface area contributed by atoms with Gasteiger partial charge in [-0.3, -0.25) is 4.40 Å². The highest BCUT2D eigenvalue weighted by molar-refractivity contribution is 5.63. The van der Waals surface area contributed by atoms with Crippen LogP contribution < -0.4 is 10.1 Å². The monoisotopic (exact) mass is 371 g/mol. The molecule has 0 atom stereocenters. The van der Waals surface area contributed by atoms with E-state index < -0.39 is 0 Å². The summed E-state index contributed by atoms with van der Waals surface area (Å²) in [5.74, 6) is 2.13. The van der Waals surface area contributed by atoms with Gasteiger partial charge in [-0.15, -0.1) is 0 Å². The molecule has 0 aliphatic carbocycles. The Balaban J connectivity index is 1.64. The largest absolute Gasteiger partial charge is 0.485 e. The molecule has 142 valence electrons. The van der Waals surface area contributed by atoms with Crippen molar-refractivity contribution in [2.24, 2.45) is 0 Å². The van der Waals surface area contributed by atoms with E-state index in [1.165, 1.54) is 5.56 Å². The van der Waals surface area contributed by atoms with Crippen LogP contribution in [0.3, 0.4) is 0 Å². The lowest BCUT2D eigenvalue weighted by Gasteiger charge is -2.11. The zero-order chi connectivity index (χ0) is 19.3. The van der Waals surface area contributed by atoms with Gasteiger partial charge < -0.3 is 10.1 Å². The molecule has 2 heterocycles. The molecule has 0 amide bonds. The standard InChI is InChI=1S/C24H25N3O/c1-18(2)22-24(25-16-19-10-5-3-6-11-19)27-15-9-14-21(23(27)26-22)28-17-20-12-7-4-8-13-20/h3-15,18,25H,16-17H2,1-2H3. The first-order valence-corrected chi connectivity index (χ1v) is 9.68. The van der Waals surface area contributed by atoms with E-state index in [9.17, 15) is 0 Å². The molecular weight excluding hydrogens is 346 g/mol. The SMILES string of the molecule is CC(C)c1nc2c(OCc3ccccc3)cccn2c1NCc1ccccc1. The quantitative estimate of drug-likeness (QED) is 0.456. The van der Waals surface area contributed by atoms with Gasteiger partial charge >= 0.3 is 0 Å². The number of nitrogens with zero attached hydrogens (tertiary/aromatic N) is 2.